The van der Waals surface area contributed by atoms with Gasteiger partial charge in [-0.05, 0) is 31.7 Å². The van der Waals surface area contributed by atoms with E-state index in [1.807, 2.05) is 25.1 Å². The molecule has 1 unspecified atom stereocenters. The summed E-state index contributed by atoms with van der Waals surface area (Å²) < 4.78 is 12.3. The molecule has 0 bridgehead atoms. The summed E-state index contributed by atoms with van der Waals surface area (Å²) in [4.78, 5) is 5.60. The third-order valence-electron chi connectivity index (χ3n) is 3.76. The first-order chi connectivity index (χ1) is 9.08. The van der Waals surface area contributed by atoms with E-state index in [4.69, 9.17) is 5.73 Å². The minimum absolute atomic E-state index is 0.688. The molecular weight excluding hydrogens is 258 g/mol. The smallest absolute Gasteiger partial charge is 0.0545 e. The Morgan fingerprint density at radius 1 is 1.26 bits per heavy atom. The summed E-state index contributed by atoms with van der Waals surface area (Å²) in [5, 5.41) is 0. The summed E-state index contributed by atoms with van der Waals surface area (Å²) in [5.41, 5.74) is 7.55. The summed E-state index contributed by atoms with van der Waals surface area (Å²) in [6, 6.07) is 5.66. The third-order valence-corrected chi connectivity index (χ3v) is 5.25. The second kappa shape index (κ2) is 6.50. The molecule has 19 heavy (non-hydrogen) atoms. The highest BCUT2D eigenvalue weighted by Gasteiger charge is 2.15. The number of likely N-dealkylation sites (N-methyl/N-ethyl adjacent to an activating group) is 1. The number of benzene rings is 1. The lowest BCUT2D eigenvalue weighted by atomic mass is 10.2. The molecule has 1 aromatic rings. The predicted octanol–water partition coefficient (Wildman–Crippen LogP) is 0.932. The van der Waals surface area contributed by atoms with Crippen LogP contribution in [0.15, 0.2) is 23.1 Å². The number of anilines is 1. The average molecular weight is 281 g/mol. The summed E-state index contributed by atoms with van der Waals surface area (Å²) in [6.07, 6.45) is 0. The van der Waals surface area contributed by atoms with Crippen LogP contribution in [0.3, 0.4) is 0 Å². The van der Waals surface area contributed by atoms with Gasteiger partial charge in [-0.25, -0.2) is 0 Å². The largest absolute Gasteiger partial charge is 0.398 e. The van der Waals surface area contributed by atoms with Crippen molar-refractivity contribution in [3.8, 4) is 0 Å². The Morgan fingerprint density at radius 3 is 2.63 bits per heavy atom. The van der Waals surface area contributed by atoms with E-state index in [1.165, 1.54) is 0 Å². The summed E-state index contributed by atoms with van der Waals surface area (Å²) >= 11 is 0. The van der Waals surface area contributed by atoms with Gasteiger partial charge in [-0.3, -0.25) is 9.11 Å². The van der Waals surface area contributed by atoms with Gasteiger partial charge in [0.25, 0.3) is 0 Å². The van der Waals surface area contributed by atoms with Crippen molar-refractivity contribution in [3.63, 3.8) is 0 Å². The van der Waals surface area contributed by atoms with Gasteiger partial charge in [0.15, 0.2) is 0 Å². The third kappa shape index (κ3) is 3.78. The van der Waals surface area contributed by atoms with Gasteiger partial charge in [0.05, 0.1) is 10.8 Å². The quantitative estimate of drug-likeness (QED) is 0.834. The van der Waals surface area contributed by atoms with Crippen molar-refractivity contribution in [1.82, 2.24) is 9.80 Å². The lowest BCUT2D eigenvalue weighted by molar-refractivity contribution is 0.161. The Hall–Kier alpha value is -0.910. The van der Waals surface area contributed by atoms with E-state index in [0.717, 1.165) is 48.9 Å². The van der Waals surface area contributed by atoms with Crippen molar-refractivity contribution in [2.24, 2.45) is 0 Å². The second-order valence-electron chi connectivity index (χ2n) is 5.16. The fourth-order valence-electron chi connectivity index (χ4n) is 2.27. The highest BCUT2D eigenvalue weighted by Crippen LogP contribution is 2.19. The van der Waals surface area contributed by atoms with Gasteiger partial charge in [0.1, 0.15) is 0 Å². The molecule has 1 atom stereocenters. The topological polar surface area (TPSA) is 49.6 Å². The number of hydrogen-bond acceptors (Lipinski definition) is 4. The normalized spacial score (nSPS) is 19.5. The molecule has 1 heterocycles. The van der Waals surface area contributed by atoms with Gasteiger partial charge in [-0.15, -0.1) is 0 Å². The maximum atomic E-state index is 12.3. The average Bonchev–Trinajstić information content (AvgIpc) is 2.41. The zero-order valence-corrected chi connectivity index (χ0v) is 12.6. The maximum absolute atomic E-state index is 12.3. The Labute approximate surface area is 118 Å². The van der Waals surface area contributed by atoms with Crippen LogP contribution in [0.1, 0.15) is 5.56 Å². The first kappa shape index (κ1) is 14.5. The van der Waals surface area contributed by atoms with Crippen LogP contribution in [0.25, 0.3) is 0 Å². The van der Waals surface area contributed by atoms with Crippen molar-refractivity contribution in [1.29, 1.82) is 0 Å². The van der Waals surface area contributed by atoms with Crippen molar-refractivity contribution in [2.75, 3.05) is 51.3 Å². The van der Waals surface area contributed by atoms with E-state index in [1.54, 1.807) is 0 Å². The summed E-state index contributed by atoms with van der Waals surface area (Å²) in [6.45, 7) is 7.19. The van der Waals surface area contributed by atoms with Crippen LogP contribution in [0.4, 0.5) is 5.69 Å². The Balaban J connectivity index is 1.89. The van der Waals surface area contributed by atoms with E-state index >= 15 is 0 Å². The van der Waals surface area contributed by atoms with Crippen LogP contribution in [0.2, 0.25) is 0 Å². The van der Waals surface area contributed by atoms with Gasteiger partial charge in [0.2, 0.25) is 0 Å². The van der Waals surface area contributed by atoms with E-state index < -0.39 is 10.8 Å². The zero-order valence-electron chi connectivity index (χ0n) is 11.8. The van der Waals surface area contributed by atoms with Crippen LogP contribution in [0, 0.1) is 6.92 Å². The number of hydrogen-bond donors (Lipinski definition) is 1. The van der Waals surface area contributed by atoms with Crippen molar-refractivity contribution in [2.45, 2.75) is 11.8 Å². The Morgan fingerprint density at radius 2 is 1.95 bits per heavy atom. The highest BCUT2D eigenvalue weighted by atomic mass is 32.2. The van der Waals surface area contributed by atoms with Gasteiger partial charge in [-0.2, -0.15) is 0 Å². The van der Waals surface area contributed by atoms with Crippen molar-refractivity contribution < 1.29 is 4.21 Å². The summed E-state index contributed by atoms with van der Waals surface area (Å²) in [5.74, 6) is 0.688. The van der Waals surface area contributed by atoms with Crippen LogP contribution in [-0.4, -0.2) is 59.5 Å². The Bertz CT molecular complexity index is 456. The molecule has 2 N–H and O–H groups in total. The molecule has 2 rings (SSSR count). The van der Waals surface area contributed by atoms with Crippen molar-refractivity contribution >= 4 is 16.5 Å². The van der Waals surface area contributed by atoms with Gasteiger partial charge in [-0.1, -0.05) is 6.07 Å². The molecule has 5 heteroatoms. The number of rotatable bonds is 4. The monoisotopic (exact) mass is 281 g/mol. The first-order valence-electron chi connectivity index (χ1n) is 6.72. The van der Waals surface area contributed by atoms with E-state index in [0.29, 0.717) is 5.75 Å². The molecule has 1 aliphatic heterocycles. The minimum atomic E-state index is -0.951. The van der Waals surface area contributed by atoms with Crippen LogP contribution >= 0.6 is 0 Å². The second-order valence-corrected chi connectivity index (χ2v) is 6.70. The fourth-order valence-corrected chi connectivity index (χ4v) is 3.61. The molecule has 0 saturated carbocycles. The van der Waals surface area contributed by atoms with E-state index in [9.17, 15) is 4.21 Å². The van der Waals surface area contributed by atoms with E-state index in [2.05, 4.69) is 16.8 Å². The number of nitrogens with zero attached hydrogens (tertiary/aromatic N) is 2. The molecule has 1 saturated heterocycles. The predicted molar refractivity (Wildman–Crippen MR) is 80.8 cm³/mol. The van der Waals surface area contributed by atoms with E-state index in [-0.39, 0.29) is 0 Å². The minimum Gasteiger partial charge on any atom is -0.398 e. The van der Waals surface area contributed by atoms with Crippen LogP contribution in [-0.2, 0) is 10.8 Å². The van der Waals surface area contributed by atoms with Crippen molar-refractivity contribution in [3.05, 3.63) is 23.8 Å². The molecule has 106 valence electrons. The molecule has 1 aliphatic rings. The zero-order chi connectivity index (χ0) is 13.8. The molecule has 1 aromatic carbocycles. The number of nitrogen functional groups attached to an aromatic ring is 1. The standard InChI is InChI=1S/C14H23N3OS/c1-12-13(15)4-3-5-14(12)19(18)11-10-17-8-6-16(2)7-9-17/h3-5H,6-11,15H2,1-2H3. The molecule has 4 nitrogen and oxygen atoms in total. The lowest BCUT2D eigenvalue weighted by Crippen LogP contribution is -2.45. The molecule has 0 radical (unpaired) electrons. The summed E-state index contributed by atoms with van der Waals surface area (Å²) in [7, 11) is 1.19. The molecule has 0 aliphatic carbocycles. The van der Waals surface area contributed by atoms with Crippen LogP contribution in [0.5, 0.6) is 0 Å². The molecule has 0 amide bonds. The van der Waals surface area contributed by atoms with Crippen LogP contribution < -0.4 is 5.73 Å². The number of piperazine rings is 1. The highest BCUT2D eigenvalue weighted by molar-refractivity contribution is 7.85. The Kier molecular flexibility index (Phi) is 4.96. The lowest BCUT2D eigenvalue weighted by Gasteiger charge is -2.32. The molecule has 0 aromatic heterocycles. The van der Waals surface area contributed by atoms with Gasteiger partial charge in [0, 0.05) is 49.1 Å². The first-order valence-corrected chi connectivity index (χ1v) is 8.04. The number of nitrogens with two attached hydrogens (primary N) is 1. The van der Waals surface area contributed by atoms with Gasteiger partial charge < -0.3 is 10.6 Å². The SMILES string of the molecule is Cc1c(N)cccc1S(=O)CCN1CCN(C)CC1. The molecular formula is C14H23N3OS. The fraction of sp³-hybridized carbons (Fsp3) is 0.571. The molecule has 0 spiro atoms. The molecule has 1 fully saturated rings. The maximum Gasteiger partial charge on any atom is 0.0545 e. The van der Waals surface area contributed by atoms with Gasteiger partial charge >= 0.3 is 0 Å².